The van der Waals surface area contributed by atoms with Crippen LogP contribution in [0.4, 0.5) is 0 Å². The van der Waals surface area contributed by atoms with Gasteiger partial charge in [-0.15, -0.1) is 0 Å². The van der Waals surface area contributed by atoms with Crippen molar-refractivity contribution in [2.24, 2.45) is 0 Å². The number of hydrogen-bond donors (Lipinski definition) is 2. The van der Waals surface area contributed by atoms with E-state index in [-0.39, 0.29) is 0 Å². The Kier molecular flexibility index (Phi) is 5.58. The predicted octanol–water partition coefficient (Wildman–Crippen LogP) is 1.41. The minimum atomic E-state index is 0.349. The first-order valence-corrected chi connectivity index (χ1v) is 6.52. The molecule has 0 bridgehead atoms. The molecule has 1 aliphatic heterocycles. The van der Waals surface area contributed by atoms with Crippen LogP contribution >= 0.6 is 0 Å². The smallest absolute Gasteiger partial charge is 0.0710 e. The van der Waals surface area contributed by atoms with Gasteiger partial charge in [0.25, 0.3) is 0 Å². The highest BCUT2D eigenvalue weighted by molar-refractivity contribution is 4.93. The van der Waals surface area contributed by atoms with Crippen LogP contribution in [-0.2, 0) is 0 Å². The molecule has 0 amide bonds. The van der Waals surface area contributed by atoms with Crippen molar-refractivity contribution in [1.82, 2.24) is 15.5 Å². The molecule has 2 aliphatic rings. The molecule has 1 aliphatic carbocycles. The fraction of sp³-hybridized carbons (Fsp3) is 1.00. The molecule has 15 heavy (non-hydrogen) atoms. The van der Waals surface area contributed by atoms with Crippen molar-refractivity contribution in [2.45, 2.75) is 45.2 Å². The number of piperazine rings is 1. The zero-order valence-electron chi connectivity index (χ0n) is 10.6. The van der Waals surface area contributed by atoms with Gasteiger partial charge >= 0.3 is 0 Å². The third-order valence-corrected chi connectivity index (χ3v) is 3.62. The Morgan fingerprint density at radius 2 is 1.60 bits per heavy atom. The summed E-state index contributed by atoms with van der Waals surface area (Å²) in [6.07, 6.45) is 5.46. The second-order valence-electron chi connectivity index (χ2n) is 4.23. The van der Waals surface area contributed by atoms with Gasteiger partial charge in [0.2, 0.25) is 0 Å². The van der Waals surface area contributed by atoms with Crippen LogP contribution in [0.25, 0.3) is 0 Å². The minimum absolute atomic E-state index is 0.349. The second-order valence-corrected chi connectivity index (χ2v) is 4.23. The first kappa shape index (κ1) is 12.9. The van der Waals surface area contributed by atoms with Crippen molar-refractivity contribution < 1.29 is 0 Å². The maximum absolute atomic E-state index is 3.55. The highest BCUT2D eigenvalue weighted by atomic mass is 15.3. The van der Waals surface area contributed by atoms with E-state index in [1.54, 1.807) is 0 Å². The summed E-state index contributed by atoms with van der Waals surface area (Å²) in [6.45, 7) is 8.73. The molecule has 0 spiro atoms. The highest BCUT2D eigenvalue weighted by Crippen LogP contribution is 2.32. The van der Waals surface area contributed by atoms with Crippen LogP contribution in [0.1, 0.15) is 39.5 Å². The minimum Gasteiger partial charge on any atom is -0.314 e. The first-order valence-electron chi connectivity index (χ1n) is 6.52. The average Bonchev–Trinajstić information content (AvgIpc) is 2.83. The van der Waals surface area contributed by atoms with Crippen molar-refractivity contribution in [2.75, 3.05) is 33.2 Å². The maximum atomic E-state index is 3.55. The zero-order valence-corrected chi connectivity index (χ0v) is 10.6. The lowest BCUT2D eigenvalue weighted by Crippen LogP contribution is -2.61. The molecule has 3 heteroatoms. The van der Waals surface area contributed by atoms with E-state index >= 15 is 0 Å². The van der Waals surface area contributed by atoms with Crippen molar-refractivity contribution in [1.29, 1.82) is 0 Å². The van der Waals surface area contributed by atoms with Gasteiger partial charge in [0.1, 0.15) is 0 Å². The monoisotopic (exact) mass is 213 g/mol. The quantitative estimate of drug-likeness (QED) is 0.726. The lowest BCUT2D eigenvalue weighted by atomic mass is 10.1. The fourth-order valence-electron chi connectivity index (χ4n) is 2.78. The van der Waals surface area contributed by atoms with Crippen molar-refractivity contribution in [3.63, 3.8) is 0 Å². The van der Waals surface area contributed by atoms with Crippen LogP contribution in [0, 0.1) is 0 Å². The molecule has 0 aromatic carbocycles. The number of nitrogens with zero attached hydrogens (tertiary/aromatic N) is 1. The molecular formula is C12H27N3. The van der Waals surface area contributed by atoms with E-state index in [0.29, 0.717) is 5.66 Å². The SMILES string of the molecule is CC.CNC1(N2CCNCC2)CCCC1. The van der Waals surface area contributed by atoms with E-state index in [1.165, 1.54) is 38.8 Å². The largest absolute Gasteiger partial charge is 0.314 e. The Bertz CT molecular complexity index is 158. The molecule has 0 aromatic heterocycles. The van der Waals surface area contributed by atoms with Crippen LogP contribution in [-0.4, -0.2) is 43.8 Å². The highest BCUT2D eigenvalue weighted by Gasteiger charge is 2.38. The lowest BCUT2D eigenvalue weighted by molar-refractivity contribution is 0.0544. The molecule has 0 aromatic rings. The van der Waals surface area contributed by atoms with Crippen molar-refractivity contribution in [3.05, 3.63) is 0 Å². The summed E-state index contributed by atoms with van der Waals surface area (Å²) in [4.78, 5) is 2.64. The summed E-state index contributed by atoms with van der Waals surface area (Å²) in [7, 11) is 2.12. The normalized spacial score (nSPS) is 25.8. The van der Waals surface area contributed by atoms with Gasteiger partial charge in [0.05, 0.1) is 5.66 Å². The zero-order chi connectivity index (χ0) is 11.1. The van der Waals surface area contributed by atoms with Gasteiger partial charge in [-0.1, -0.05) is 26.7 Å². The molecule has 2 fully saturated rings. The number of hydrogen-bond acceptors (Lipinski definition) is 3. The van der Waals surface area contributed by atoms with E-state index in [4.69, 9.17) is 0 Å². The maximum Gasteiger partial charge on any atom is 0.0710 e. The Balaban J connectivity index is 0.000000531. The van der Waals surface area contributed by atoms with Crippen LogP contribution < -0.4 is 10.6 Å². The summed E-state index contributed by atoms with van der Waals surface area (Å²) in [5.41, 5.74) is 0.349. The summed E-state index contributed by atoms with van der Waals surface area (Å²) >= 11 is 0. The van der Waals surface area contributed by atoms with Gasteiger partial charge in [-0.3, -0.25) is 4.90 Å². The molecule has 1 saturated carbocycles. The third-order valence-electron chi connectivity index (χ3n) is 3.62. The van der Waals surface area contributed by atoms with Crippen LogP contribution in [0.5, 0.6) is 0 Å². The third kappa shape index (κ3) is 2.92. The Hall–Kier alpha value is -0.120. The standard InChI is InChI=1S/C10H21N3.C2H6/c1-11-10(4-2-3-5-10)13-8-6-12-7-9-13;1-2/h11-12H,2-9H2,1H3;1-2H3. The van der Waals surface area contributed by atoms with Gasteiger partial charge in [-0.25, -0.2) is 0 Å². The molecule has 0 unspecified atom stereocenters. The summed E-state index contributed by atoms with van der Waals surface area (Å²) < 4.78 is 0. The fourth-order valence-corrected chi connectivity index (χ4v) is 2.78. The molecule has 90 valence electrons. The van der Waals surface area contributed by atoms with Crippen LogP contribution in [0.2, 0.25) is 0 Å². The van der Waals surface area contributed by atoms with Gasteiger partial charge in [0.15, 0.2) is 0 Å². The van der Waals surface area contributed by atoms with Crippen LogP contribution in [0.3, 0.4) is 0 Å². The summed E-state index contributed by atoms with van der Waals surface area (Å²) in [6, 6.07) is 0. The molecule has 0 atom stereocenters. The molecule has 1 heterocycles. The van der Waals surface area contributed by atoms with Gasteiger partial charge in [0, 0.05) is 26.2 Å². The van der Waals surface area contributed by atoms with E-state index < -0.39 is 0 Å². The molecular weight excluding hydrogens is 186 g/mol. The second kappa shape index (κ2) is 6.46. The predicted molar refractivity (Wildman–Crippen MR) is 66.0 cm³/mol. The molecule has 1 saturated heterocycles. The van der Waals surface area contributed by atoms with E-state index in [0.717, 1.165) is 13.1 Å². The molecule has 3 nitrogen and oxygen atoms in total. The van der Waals surface area contributed by atoms with E-state index in [1.807, 2.05) is 13.8 Å². The molecule has 2 rings (SSSR count). The number of nitrogens with one attached hydrogen (secondary N) is 2. The lowest BCUT2D eigenvalue weighted by Gasteiger charge is -2.43. The van der Waals surface area contributed by atoms with E-state index in [2.05, 4.69) is 22.6 Å². The summed E-state index contributed by atoms with van der Waals surface area (Å²) in [5, 5.41) is 6.96. The topological polar surface area (TPSA) is 27.3 Å². The number of rotatable bonds is 2. The van der Waals surface area contributed by atoms with Gasteiger partial charge in [-0.2, -0.15) is 0 Å². The van der Waals surface area contributed by atoms with Gasteiger partial charge < -0.3 is 10.6 Å². The summed E-state index contributed by atoms with van der Waals surface area (Å²) in [5.74, 6) is 0. The van der Waals surface area contributed by atoms with Crippen molar-refractivity contribution >= 4 is 0 Å². The van der Waals surface area contributed by atoms with Crippen molar-refractivity contribution in [3.8, 4) is 0 Å². The van der Waals surface area contributed by atoms with Gasteiger partial charge in [-0.05, 0) is 19.9 Å². The van der Waals surface area contributed by atoms with E-state index in [9.17, 15) is 0 Å². The Morgan fingerprint density at radius 1 is 1.07 bits per heavy atom. The Labute approximate surface area is 94.6 Å². The molecule has 2 N–H and O–H groups in total. The molecule has 0 radical (unpaired) electrons. The first-order chi connectivity index (χ1) is 7.37. The Morgan fingerprint density at radius 3 is 2.07 bits per heavy atom. The average molecular weight is 213 g/mol. The van der Waals surface area contributed by atoms with Crippen LogP contribution in [0.15, 0.2) is 0 Å².